The zero-order valence-electron chi connectivity index (χ0n) is 12.1. The van der Waals surface area contributed by atoms with Gasteiger partial charge in [-0.2, -0.15) is 0 Å². The van der Waals surface area contributed by atoms with Gasteiger partial charge in [0.2, 0.25) is 0 Å². The van der Waals surface area contributed by atoms with Crippen molar-refractivity contribution < 1.29 is 12.8 Å². The summed E-state index contributed by atoms with van der Waals surface area (Å²) in [6.07, 6.45) is 0. The molecule has 0 aliphatic rings. The maximum absolute atomic E-state index is 13.6. The first-order valence-corrected chi connectivity index (χ1v) is 9.67. The van der Waals surface area contributed by atoms with E-state index in [1.165, 1.54) is 29.5 Å². The lowest BCUT2D eigenvalue weighted by atomic mass is 10.2. The molecule has 0 aliphatic carbocycles. The van der Waals surface area contributed by atoms with Gasteiger partial charge in [0.1, 0.15) is 10.8 Å². The second-order valence-corrected chi connectivity index (χ2v) is 8.06. The molecule has 0 fully saturated rings. The molecule has 0 saturated heterocycles. The van der Waals surface area contributed by atoms with Crippen LogP contribution in [0.25, 0.3) is 10.6 Å². The summed E-state index contributed by atoms with van der Waals surface area (Å²) in [5, 5.41) is 2.52. The fourth-order valence-corrected chi connectivity index (χ4v) is 4.56. The highest BCUT2D eigenvalue weighted by Gasteiger charge is 2.17. The summed E-state index contributed by atoms with van der Waals surface area (Å²) in [5.74, 6) is -1.01. The predicted molar refractivity (Wildman–Crippen MR) is 90.3 cm³/mol. The lowest BCUT2D eigenvalue weighted by molar-refractivity contribution is 0.586. The van der Waals surface area contributed by atoms with Crippen LogP contribution in [0.5, 0.6) is 0 Å². The van der Waals surface area contributed by atoms with Gasteiger partial charge in [-0.1, -0.05) is 48.5 Å². The molecule has 6 heteroatoms. The Morgan fingerprint density at radius 3 is 2.39 bits per heavy atom. The molecule has 0 unspecified atom stereocenters. The quantitative estimate of drug-likeness (QED) is 0.699. The Kier molecular flexibility index (Phi) is 4.54. The largest absolute Gasteiger partial charge is 0.240 e. The van der Waals surface area contributed by atoms with Crippen molar-refractivity contribution in [2.75, 3.05) is 0 Å². The van der Waals surface area contributed by atoms with Crippen LogP contribution in [0.4, 0.5) is 4.39 Å². The minimum absolute atomic E-state index is 0.186. The monoisotopic (exact) mass is 347 g/mol. The van der Waals surface area contributed by atoms with Crippen LogP contribution in [-0.4, -0.2) is 13.4 Å². The normalized spacial score (nSPS) is 11.5. The Balaban J connectivity index is 1.77. The minimum atomic E-state index is -3.47. The molecule has 0 spiro atoms. The van der Waals surface area contributed by atoms with Gasteiger partial charge < -0.3 is 0 Å². The Morgan fingerprint density at radius 2 is 1.65 bits per heavy atom. The van der Waals surface area contributed by atoms with Gasteiger partial charge >= 0.3 is 0 Å². The molecular formula is C17H14FNO2S2. The molecule has 3 nitrogen and oxygen atoms in total. The van der Waals surface area contributed by atoms with Gasteiger partial charge in [0.25, 0.3) is 0 Å². The summed E-state index contributed by atoms with van der Waals surface area (Å²) < 4.78 is 38.1. The maximum Gasteiger partial charge on any atom is 0.160 e. The zero-order valence-corrected chi connectivity index (χ0v) is 13.8. The van der Waals surface area contributed by atoms with Gasteiger partial charge in [-0.15, -0.1) is 11.3 Å². The number of halogens is 1. The van der Waals surface area contributed by atoms with Crippen molar-refractivity contribution in [2.24, 2.45) is 0 Å². The number of rotatable bonds is 5. The molecular weight excluding hydrogens is 333 g/mol. The van der Waals surface area contributed by atoms with E-state index in [0.717, 1.165) is 10.6 Å². The molecule has 2 aromatic carbocycles. The average Bonchev–Trinajstić information content (AvgIpc) is 2.98. The number of nitrogens with zero attached hydrogens (tertiary/aromatic N) is 1. The van der Waals surface area contributed by atoms with Crippen molar-refractivity contribution in [2.45, 2.75) is 11.5 Å². The van der Waals surface area contributed by atoms with Crippen LogP contribution in [0.3, 0.4) is 0 Å². The first kappa shape index (κ1) is 15.8. The van der Waals surface area contributed by atoms with E-state index in [0.29, 0.717) is 5.69 Å². The van der Waals surface area contributed by atoms with E-state index in [1.54, 1.807) is 11.4 Å². The summed E-state index contributed by atoms with van der Waals surface area (Å²) in [6.45, 7) is 0. The molecule has 1 heterocycles. The number of benzene rings is 2. The summed E-state index contributed by atoms with van der Waals surface area (Å²) in [4.78, 5) is 4.38. The average molecular weight is 347 g/mol. The predicted octanol–water partition coefficient (Wildman–Crippen LogP) is 4.06. The number of hydrogen-bond donors (Lipinski definition) is 0. The Hall–Kier alpha value is -2.05. The topological polar surface area (TPSA) is 47.0 Å². The van der Waals surface area contributed by atoms with Gasteiger partial charge in [-0.05, 0) is 6.07 Å². The number of aromatic nitrogens is 1. The van der Waals surface area contributed by atoms with Crippen LogP contribution >= 0.6 is 11.3 Å². The second-order valence-electron chi connectivity index (χ2n) is 5.13. The van der Waals surface area contributed by atoms with E-state index >= 15 is 0 Å². The van der Waals surface area contributed by atoms with Crippen LogP contribution < -0.4 is 0 Å². The molecule has 0 amide bonds. The van der Waals surface area contributed by atoms with E-state index in [4.69, 9.17) is 0 Å². The van der Waals surface area contributed by atoms with E-state index in [1.807, 2.05) is 30.3 Å². The van der Waals surface area contributed by atoms with Crippen LogP contribution in [0.2, 0.25) is 0 Å². The van der Waals surface area contributed by atoms with E-state index in [-0.39, 0.29) is 17.1 Å². The van der Waals surface area contributed by atoms with Crippen molar-refractivity contribution in [3.8, 4) is 10.6 Å². The molecule has 118 valence electrons. The minimum Gasteiger partial charge on any atom is -0.240 e. The van der Waals surface area contributed by atoms with Crippen LogP contribution in [0.1, 0.15) is 11.3 Å². The third kappa shape index (κ3) is 4.03. The van der Waals surface area contributed by atoms with Gasteiger partial charge in [0, 0.05) is 16.5 Å². The smallest absolute Gasteiger partial charge is 0.160 e. The number of hydrogen-bond acceptors (Lipinski definition) is 4. The molecule has 3 rings (SSSR count). The third-order valence-corrected chi connectivity index (χ3v) is 5.70. The second kappa shape index (κ2) is 6.60. The summed E-state index contributed by atoms with van der Waals surface area (Å²) in [7, 11) is -3.47. The molecule has 0 radical (unpaired) electrons. The first-order valence-electron chi connectivity index (χ1n) is 6.97. The molecule has 0 N–H and O–H groups in total. The molecule has 0 saturated carbocycles. The third-order valence-electron chi connectivity index (χ3n) is 3.27. The van der Waals surface area contributed by atoms with Gasteiger partial charge in [0.05, 0.1) is 17.2 Å². The highest BCUT2D eigenvalue weighted by molar-refractivity contribution is 7.89. The van der Waals surface area contributed by atoms with Crippen LogP contribution in [0.15, 0.2) is 60.0 Å². The number of sulfone groups is 1. The summed E-state index contributed by atoms with van der Waals surface area (Å²) in [5.41, 5.74) is 1.63. The fraction of sp³-hybridized carbons (Fsp3) is 0.118. The van der Waals surface area contributed by atoms with Crippen LogP contribution in [-0.2, 0) is 21.3 Å². The van der Waals surface area contributed by atoms with E-state index < -0.39 is 15.7 Å². The highest BCUT2D eigenvalue weighted by Crippen LogP contribution is 2.24. The summed E-state index contributed by atoms with van der Waals surface area (Å²) in [6, 6.07) is 15.5. The number of thiazole rings is 1. The van der Waals surface area contributed by atoms with Crippen molar-refractivity contribution >= 4 is 21.2 Å². The molecule has 1 aromatic heterocycles. The Morgan fingerprint density at radius 1 is 0.957 bits per heavy atom. The SMILES string of the molecule is O=S(=O)(Cc1csc(-c2ccccc2)n1)Cc1ccccc1F. The molecule has 0 bridgehead atoms. The fourth-order valence-electron chi connectivity index (χ4n) is 2.22. The van der Waals surface area contributed by atoms with Crippen LogP contribution in [0, 0.1) is 5.82 Å². The molecule has 0 atom stereocenters. The summed E-state index contributed by atoms with van der Waals surface area (Å²) >= 11 is 1.40. The molecule has 3 aromatic rings. The van der Waals surface area contributed by atoms with E-state index in [2.05, 4.69) is 4.98 Å². The van der Waals surface area contributed by atoms with Crippen molar-refractivity contribution in [3.05, 3.63) is 77.1 Å². The first-order chi connectivity index (χ1) is 11.0. The Labute approximate surface area is 138 Å². The van der Waals surface area contributed by atoms with Gasteiger partial charge in [0.15, 0.2) is 9.84 Å². The Bertz CT molecular complexity index is 905. The van der Waals surface area contributed by atoms with Crippen molar-refractivity contribution in [3.63, 3.8) is 0 Å². The lowest BCUT2D eigenvalue weighted by Gasteiger charge is -2.04. The highest BCUT2D eigenvalue weighted by atomic mass is 32.2. The molecule has 23 heavy (non-hydrogen) atoms. The van der Waals surface area contributed by atoms with E-state index in [9.17, 15) is 12.8 Å². The van der Waals surface area contributed by atoms with Gasteiger partial charge in [-0.3, -0.25) is 0 Å². The maximum atomic E-state index is 13.6. The van der Waals surface area contributed by atoms with Crippen molar-refractivity contribution in [1.29, 1.82) is 0 Å². The lowest BCUT2D eigenvalue weighted by Crippen LogP contribution is -2.09. The van der Waals surface area contributed by atoms with Gasteiger partial charge in [-0.25, -0.2) is 17.8 Å². The van der Waals surface area contributed by atoms with Crippen molar-refractivity contribution in [1.82, 2.24) is 4.98 Å². The molecule has 0 aliphatic heterocycles. The zero-order chi connectivity index (χ0) is 16.3. The standard InChI is InChI=1S/C17H14FNO2S2/c18-16-9-5-4-8-14(16)11-23(20,21)12-15-10-22-17(19-15)13-6-2-1-3-7-13/h1-10H,11-12H2.